The molecule has 2 fully saturated rings. The predicted molar refractivity (Wildman–Crippen MR) is 75.6 cm³/mol. The molecule has 1 saturated carbocycles. The zero-order valence-electron chi connectivity index (χ0n) is 11.4. The third-order valence-electron chi connectivity index (χ3n) is 4.08. The first kappa shape index (κ1) is 12.2. The van der Waals surface area contributed by atoms with Crippen LogP contribution in [0.15, 0.2) is 24.3 Å². The van der Waals surface area contributed by atoms with Crippen molar-refractivity contribution in [3.8, 4) is 0 Å². The first-order valence-corrected chi connectivity index (χ1v) is 7.33. The third-order valence-corrected chi connectivity index (χ3v) is 4.08. The van der Waals surface area contributed by atoms with Crippen molar-refractivity contribution in [3.63, 3.8) is 0 Å². The number of rotatable bonds is 4. The van der Waals surface area contributed by atoms with Crippen LogP contribution in [0.5, 0.6) is 0 Å². The minimum absolute atomic E-state index is 0.733. The molecular weight excluding hydrogens is 220 g/mol. The van der Waals surface area contributed by atoms with Gasteiger partial charge in [-0.2, -0.15) is 0 Å². The Bertz CT molecular complexity index is 381. The van der Waals surface area contributed by atoms with E-state index >= 15 is 0 Å². The van der Waals surface area contributed by atoms with Gasteiger partial charge in [0.25, 0.3) is 0 Å². The number of hydrogen-bond acceptors (Lipinski definition) is 2. The van der Waals surface area contributed by atoms with Crippen LogP contribution in [0, 0.1) is 6.92 Å². The van der Waals surface area contributed by atoms with Gasteiger partial charge in [0.2, 0.25) is 0 Å². The fourth-order valence-corrected chi connectivity index (χ4v) is 2.87. The molecule has 1 unspecified atom stereocenters. The van der Waals surface area contributed by atoms with Crippen LogP contribution in [0.4, 0.5) is 0 Å². The molecule has 1 saturated heterocycles. The molecule has 2 nitrogen and oxygen atoms in total. The Morgan fingerprint density at radius 2 is 1.89 bits per heavy atom. The molecule has 98 valence electrons. The summed E-state index contributed by atoms with van der Waals surface area (Å²) >= 11 is 0. The first-order valence-electron chi connectivity index (χ1n) is 7.33. The average molecular weight is 244 g/mol. The number of likely N-dealkylation sites (tertiary alicyclic amines) is 1. The van der Waals surface area contributed by atoms with E-state index in [9.17, 15) is 0 Å². The van der Waals surface area contributed by atoms with Gasteiger partial charge in [-0.15, -0.1) is 0 Å². The molecule has 1 atom stereocenters. The number of aryl methyl sites for hydroxylation is 1. The van der Waals surface area contributed by atoms with E-state index in [4.69, 9.17) is 0 Å². The molecule has 1 aromatic carbocycles. The van der Waals surface area contributed by atoms with Crippen LogP contribution in [-0.2, 0) is 6.54 Å². The van der Waals surface area contributed by atoms with E-state index in [1.54, 1.807) is 0 Å². The molecule has 2 aliphatic rings. The Balaban J connectivity index is 1.53. The number of hydrogen-bond donors (Lipinski definition) is 1. The Morgan fingerprint density at radius 3 is 2.61 bits per heavy atom. The van der Waals surface area contributed by atoms with Crippen LogP contribution in [-0.4, -0.2) is 30.1 Å². The number of nitrogens with one attached hydrogen (secondary N) is 1. The fourth-order valence-electron chi connectivity index (χ4n) is 2.87. The molecule has 1 aromatic rings. The Kier molecular flexibility index (Phi) is 3.67. The molecule has 0 bridgehead atoms. The van der Waals surface area contributed by atoms with E-state index in [1.165, 1.54) is 49.9 Å². The van der Waals surface area contributed by atoms with Crippen molar-refractivity contribution in [3.05, 3.63) is 35.4 Å². The Hall–Kier alpha value is -0.860. The number of benzene rings is 1. The van der Waals surface area contributed by atoms with Crippen molar-refractivity contribution in [2.45, 2.75) is 51.2 Å². The maximum atomic E-state index is 3.78. The van der Waals surface area contributed by atoms with Crippen molar-refractivity contribution in [1.29, 1.82) is 0 Å². The highest BCUT2D eigenvalue weighted by molar-refractivity contribution is 5.21. The van der Waals surface area contributed by atoms with E-state index in [0.29, 0.717) is 0 Å². The Labute approximate surface area is 110 Å². The smallest absolute Gasteiger partial charge is 0.0234 e. The highest BCUT2D eigenvalue weighted by Gasteiger charge is 2.27. The second-order valence-electron chi connectivity index (χ2n) is 6.00. The molecule has 1 N–H and O–H groups in total. The summed E-state index contributed by atoms with van der Waals surface area (Å²) in [6.07, 6.45) is 5.50. The molecule has 0 amide bonds. The molecule has 1 aliphatic heterocycles. The van der Waals surface area contributed by atoms with Crippen molar-refractivity contribution >= 4 is 0 Å². The SMILES string of the molecule is Cc1ccc(CN2CCCC(NC3CC3)C2)cc1. The second kappa shape index (κ2) is 5.41. The molecule has 0 radical (unpaired) electrons. The van der Waals surface area contributed by atoms with Crippen LogP contribution in [0.2, 0.25) is 0 Å². The van der Waals surface area contributed by atoms with Gasteiger partial charge in [-0.05, 0) is 44.7 Å². The van der Waals surface area contributed by atoms with Crippen molar-refractivity contribution in [2.24, 2.45) is 0 Å². The quantitative estimate of drug-likeness (QED) is 0.876. The number of nitrogens with zero attached hydrogens (tertiary/aromatic N) is 1. The summed E-state index contributed by atoms with van der Waals surface area (Å²) in [5, 5.41) is 3.78. The zero-order chi connectivity index (χ0) is 12.4. The van der Waals surface area contributed by atoms with Crippen LogP contribution in [0.3, 0.4) is 0 Å². The summed E-state index contributed by atoms with van der Waals surface area (Å²) in [6.45, 7) is 5.75. The highest BCUT2D eigenvalue weighted by atomic mass is 15.2. The summed E-state index contributed by atoms with van der Waals surface area (Å²) in [5.74, 6) is 0. The van der Waals surface area contributed by atoms with E-state index in [0.717, 1.165) is 18.6 Å². The topological polar surface area (TPSA) is 15.3 Å². The average Bonchev–Trinajstić information content (AvgIpc) is 3.17. The molecule has 3 rings (SSSR count). The lowest BCUT2D eigenvalue weighted by atomic mass is 10.0. The van der Waals surface area contributed by atoms with Crippen LogP contribution < -0.4 is 5.32 Å². The summed E-state index contributed by atoms with van der Waals surface area (Å²) in [4.78, 5) is 2.61. The fraction of sp³-hybridized carbons (Fsp3) is 0.625. The van der Waals surface area contributed by atoms with Crippen molar-refractivity contribution in [1.82, 2.24) is 10.2 Å². The zero-order valence-corrected chi connectivity index (χ0v) is 11.4. The van der Waals surface area contributed by atoms with Gasteiger partial charge in [0.1, 0.15) is 0 Å². The summed E-state index contributed by atoms with van der Waals surface area (Å²) in [7, 11) is 0. The minimum atomic E-state index is 0.733. The lowest BCUT2D eigenvalue weighted by Crippen LogP contribution is -2.46. The second-order valence-corrected chi connectivity index (χ2v) is 6.00. The largest absolute Gasteiger partial charge is 0.310 e. The Morgan fingerprint density at radius 1 is 1.11 bits per heavy atom. The summed E-state index contributed by atoms with van der Waals surface area (Å²) in [5.41, 5.74) is 2.80. The molecule has 2 heteroatoms. The molecule has 1 aliphatic carbocycles. The standard InChI is InChI=1S/C16H24N2/c1-13-4-6-14(7-5-13)11-18-10-2-3-16(12-18)17-15-8-9-15/h4-7,15-17H,2-3,8-12H2,1H3. The first-order chi connectivity index (χ1) is 8.79. The van der Waals surface area contributed by atoms with Gasteiger partial charge in [-0.3, -0.25) is 4.90 Å². The number of piperidine rings is 1. The lowest BCUT2D eigenvalue weighted by molar-refractivity contribution is 0.182. The summed E-state index contributed by atoms with van der Waals surface area (Å²) in [6, 6.07) is 10.6. The molecule has 18 heavy (non-hydrogen) atoms. The van der Waals surface area contributed by atoms with Crippen LogP contribution in [0.1, 0.15) is 36.8 Å². The predicted octanol–water partition coefficient (Wildman–Crippen LogP) is 2.71. The van der Waals surface area contributed by atoms with Gasteiger partial charge in [0.15, 0.2) is 0 Å². The molecular formula is C16H24N2. The third kappa shape index (κ3) is 3.33. The maximum Gasteiger partial charge on any atom is 0.0234 e. The molecule has 0 aromatic heterocycles. The van der Waals surface area contributed by atoms with Crippen LogP contribution >= 0.6 is 0 Å². The summed E-state index contributed by atoms with van der Waals surface area (Å²) < 4.78 is 0. The molecule has 0 spiro atoms. The van der Waals surface area contributed by atoms with E-state index in [2.05, 4.69) is 41.4 Å². The van der Waals surface area contributed by atoms with Gasteiger partial charge >= 0.3 is 0 Å². The van der Waals surface area contributed by atoms with Gasteiger partial charge in [-0.1, -0.05) is 29.8 Å². The van der Waals surface area contributed by atoms with Gasteiger partial charge in [-0.25, -0.2) is 0 Å². The maximum absolute atomic E-state index is 3.78. The van der Waals surface area contributed by atoms with Gasteiger partial charge < -0.3 is 5.32 Å². The van der Waals surface area contributed by atoms with Crippen LogP contribution in [0.25, 0.3) is 0 Å². The molecule has 1 heterocycles. The lowest BCUT2D eigenvalue weighted by Gasteiger charge is -2.33. The van der Waals surface area contributed by atoms with Crippen molar-refractivity contribution in [2.75, 3.05) is 13.1 Å². The minimum Gasteiger partial charge on any atom is -0.310 e. The van der Waals surface area contributed by atoms with Gasteiger partial charge in [0, 0.05) is 25.2 Å². The van der Waals surface area contributed by atoms with Crippen molar-refractivity contribution < 1.29 is 0 Å². The van der Waals surface area contributed by atoms with E-state index in [-0.39, 0.29) is 0 Å². The highest BCUT2D eigenvalue weighted by Crippen LogP contribution is 2.22. The van der Waals surface area contributed by atoms with Gasteiger partial charge in [0.05, 0.1) is 0 Å². The normalized spacial score (nSPS) is 25.3. The van der Waals surface area contributed by atoms with E-state index < -0.39 is 0 Å². The monoisotopic (exact) mass is 244 g/mol. The van der Waals surface area contributed by atoms with E-state index in [1.807, 2.05) is 0 Å².